The fourth-order valence-corrected chi connectivity index (χ4v) is 1.92. The number of nitrogens with zero attached hydrogens (tertiary/aromatic N) is 1. The molecule has 7 heteroatoms. The third-order valence-corrected chi connectivity index (χ3v) is 2.88. The molecule has 0 saturated carbocycles. The van der Waals surface area contributed by atoms with Crippen LogP contribution < -0.4 is 9.47 Å². The monoisotopic (exact) mass is 267 g/mol. The lowest BCUT2D eigenvalue weighted by molar-refractivity contribution is -0.483. The van der Waals surface area contributed by atoms with Crippen LogP contribution in [0.3, 0.4) is 0 Å². The van der Waals surface area contributed by atoms with Crippen LogP contribution in [0.15, 0.2) is 18.2 Å². The fraction of sp³-hybridized carbons (Fsp3) is 0.417. The number of carbonyl (C=O) groups is 1. The number of rotatable bonds is 5. The Morgan fingerprint density at radius 1 is 1.47 bits per heavy atom. The summed E-state index contributed by atoms with van der Waals surface area (Å²) in [5, 5.41) is 10.7. The predicted molar refractivity (Wildman–Crippen MR) is 63.8 cm³/mol. The van der Waals surface area contributed by atoms with Gasteiger partial charge in [-0.25, -0.2) is 0 Å². The lowest BCUT2D eigenvalue weighted by atomic mass is 9.95. The normalized spacial score (nSPS) is 13.9. The third kappa shape index (κ3) is 3.12. The van der Waals surface area contributed by atoms with Crippen molar-refractivity contribution in [3.8, 4) is 11.5 Å². The lowest BCUT2D eigenvalue weighted by Gasteiger charge is -2.12. The van der Waals surface area contributed by atoms with Gasteiger partial charge in [-0.05, 0) is 17.7 Å². The van der Waals surface area contributed by atoms with Crippen LogP contribution in [0.5, 0.6) is 11.5 Å². The highest BCUT2D eigenvalue weighted by Gasteiger charge is 2.24. The first-order valence-corrected chi connectivity index (χ1v) is 5.68. The van der Waals surface area contributed by atoms with Gasteiger partial charge in [0.25, 0.3) is 0 Å². The Balaban J connectivity index is 2.21. The van der Waals surface area contributed by atoms with E-state index in [1.807, 2.05) is 0 Å². The zero-order valence-electron chi connectivity index (χ0n) is 10.3. The standard InChI is InChI=1S/C12H13NO6/c1-17-12(14)5-9(6-13(15)16)8-2-3-10-11(4-8)19-7-18-10/h2-4,9H,5-7H2,1H3/t9-/m0/s1. The number of esters is 1. The summed E-state index contributed by atoms with van der Waals surface area (Å²) in [7, 11) is 1.26. The van der Waals surface area contributed by atoms with Crippen molar-refractivity contribution in [2.45, 2.75) is 12.3 Å². The minimum atomic E-state index is -0.544. The smallest absolute Gasteiger partial charge is 0.306 e. The van der Waals surface area contributed by atoms with E-state index in [1.165, 1.54) is 7.11 Å². The summed E-state index contributed by atoms with van der Waals surface area (Å²) in [6, 6.07) is 5.05. The molecule has 0 radical (unpaired) electrons. The van der Waals surface area contributed by atoms with E-state index in [2.05, 4.69) is 4.74 Å². The zero-order chi connectivity index (χ0) is 13.8. The van der Waals surface area contributed by atoms with Gasteiger partial charge >= 0.3 is 5.97 Å². The molecule has 1 atom stereocenters. The molecule has 0 unspecified atom stereocenters. The van der Waals surface area contributed by atoms with Gasteiger partial charge < -0.3 is 14.2 Å². The molecule has 0 N–H and O–H groups in total. The van der Waals surface area contributed by atoms with Gasteiger partial charge in [-0.2, -0.15) is 0 Å². The molecule has 0 fully saturated rings. The quantitative estimate of drug-likeness (QED) is 0.454. The first-order valence-electron chi connectivity index (χ1n) is 5.68. The maximum atomic E-state index is 11.3. The average Bonchev–Trinajstić information content (AvgIpc) is 2.84. The molecule has 0 spiro atoms. The van der Waals surface area contributed by atoms with E-state index in [1.54, 1.807) is 18.2 Å². The molecular weight excluding hydrogens is 254 g/mol. The van der Waals surface area contributed by atoms with Crippen molar-refractivity contribution in [3.05, 3.63) is 33.9 Å². The van der Waals surface area contributed by atoms with Crippen molar-refractivity contribution in [3.63, 3.8) is 0 Å². The molecule has 0 amide bonds. The molecule has 1 aromatic rings. The van der Waals surface area contributed by atoms with Crippen LogP contribution in [-0.4, -0.2) is 31.3 Å². The van der Waals surface area contributed by atoms with Crippen molar-refractivity contribution in [2.75, 3.05) is 20.4 Å². The van der Waals surface area contributed by atoms with Crippen LogP contribution in [0.25, 0.3) is 0 Å². The summed E-state index contributed by atoms with van der Waals surface area (Å²) in [5.41, 5.74) is 0.659. The Morgan fingerprint density at radius 2 is 2.21 bits per heavy atom. The van der Waals surface area contributed by atoms with E-state index in [-0.39, 0.29) is 19.8 Å². The van der Waals surface area contributed by atoms with E-state index >= 15 is 0 Å². The lowest BCUT2D eigenvalue weighted by Crippen LogP contribution is -2.17. The summed E-state index contributed by atoms with van der Waals surface area (Å²) in [6.07, 6.45) is -0.0445. The van der Waals surface area contributed by atoms with Crippen LogP contribution in [0.4, 0.5) is 0 Å². The molecule has 0 aliphatic carbocycles. The summed E-state index contributed by atoms with van der Waals surface area (Å²) in [4.78, 5) is 21.5. The number of ether oxygens (including phenoxy) is 3. The SMILES string of the molecule is COC(=O)C[C@@H](C[N+](=O)[O-])c1ccc2c(c1)OCO2. The van der Waals surface area contributed by atoms with Crippen LogP contribution in [0.1, 0.15) is 17.9 Å². The molecule has 1 heterocycles. The molecule has 7 nitrogen and oxygen atoms in total. The highest BCUT2D eigenvalue weighted by molar-refractivity contribution is 5.70. The van der Waals surface area contributed by atoms with Gasteiger partial charge in [0, 0.05) is 4.92 Å². The Kier molecular flexibility index (Phi) is 3.84. The van der Waals surface area contributed by atoms with E-state index in [4.69, 9.17) is 9.47 Å². The number of fused-ring (bicyclic) bond motifs is 1. The van der Waals surface area contributed by atoms with Gasteiger partial charge in [0.15, 0.2) is 11.5 Å². The summed E-state index contributed by atoms with van der Waals surface area (Å²) in [6.45, 7) is -0.204. The van der Waals surface area contributed by atoms with Gasteiger partial charge in [-0.1, -0.05) is 6.07 Å². The predicted octanol–water partition coefficient (Wildman–Crippen LogP) is 1.34. The van der Waals surface area contributed by atoms with Crippen molar-refractivity contribution in [1.29, 1.82) is 0 Å². The number of carbonyl (C=O) groups excluding carboxylic acids is 1. The van der Waals surface area contributed by atoms with E-state index in [9.17, 15) is 14.9 Å². The Bertz CT molecular complexity index is 501. The first-order chi connectivity index (χ1) is 9.10. The minimum Gasteiger partial charge on any atom is -0.469 e. The van der Waals surface area contributed by atoms with Crippen LogP contribution in [-0.2, 0) is 9.53 Å². The molecule has 0 bridgehead atoms. The van der Waals surface area contributed by atoms with Gasteiger partial charge in [-0.15, -0.1) is 0 Å². The molecule has 1 aliphatic rings. The molecule has 0 saturated heterocycles. The number of hydrogen-bond acceptors (Lipinski definition) is 6. The first kappa shape index (κ1) is 13.1. The average molecular weight is 267 g/mol. The summed E-state index contributed by atoms with van der Waals surface area (Å²) >= 11 is 0. The fourth-order valence-electron chi connectivity index (χ4n) is 1.92. The second-order valence-electron chi connectivity index (χ2n) is 4.11. The summed E-state index contributed by atoms with van der Waals surface area (Å²) in [5.74, 6) is 0.110. The van der Waals surface area contributed by atoms with Crippen molar-refractivity contribution < 1.29 is 23.9 Å². The van der Waals surface area contributed by atoms with Gasteiger partial charge in [0.2, 0.25) is 13.3 Å². The van der Waals surface area contributed by atoms with E-state index in [0.717, 1.165) is 0 Å². The molecule has 2 rings (SSSR count). The summed E-state index contributed by atoms with van der Waals surface area (Å²) < 4.78 is 14.9. The molecule has 1 aliphatic heterocycles. The number of benzene rings is 1. The van der Waals surface area contributed by atoms with Crippen molar-refractivity contribution in [1.82, 2.24) is 0 Å². The zero-order valence-corrected chi connectivity index (χ0v) is 10.3. The van der Waals surface area contributed by atoms with Crippen molar-refractivity contribution in [2.24, 2.45) is 0 Å². The van der Waals surface area contributed by atoms with Crippen LogP contribution in [0, 0.1) is 10.1 Å². The van der Waals surface area contributed by atoms with E-state index in [0.29, 0.717) is 17.1 Å². The number of hydrogen-bond donors (Lipinski definition) is 0. The largest absolute Gasteiger partial charge is 0.469 e. The molecule has 1 aromatic carbocycles. The van der Waals surface area contributed by atoms with Crippen LogP contribution >= 0.6 is 0 Å². The second kappa shape index (κ2) is 5.55. The Labute approximate surface area is 109 Å². The topological polar surface area (TPSA) is 87.9 Å². The number of methoxy groups -OCH3 is 1. The molecule has 0 aromatic heterocycles. The number of nitro groups is 1. The van der Waals surface area contributed by atoms with E-state index < -0.39 is 16.8 Å². The Morgan fingerprint density at radius 3 is 2.89 bits per heavy atom. The second-order valence-corrected chi connectivity index (χ2v) is 4.11. The van der Waals surface area contributed by atoms with Gasteiger partial charge in [0.1, 0.15) is 0 Å². The van der Waals surface area contributed by atoms with Crippen LogP contribution in [0.2, 0.25) is 0 Å². The maximum Gasteiger partial charge on any atom is 0.306 e. The molecule has 102 valence electrons. The van der Waals surface area contributed by atoms with Crippen molar-refractivity contribution >= 4 is 5.97 Å². The third-order valence-electron chi connectivity index (χ3n) is 2.88. The minimum absolute atomic E-state index is 0.0445. The van der Waals surface area contributed by atoms with Gasteiger partial charge in [0.05, 0.1) is 19.4 Å². The Hall–Kier alpha value is -2.31. The van der Waals surface area contributed by atoms with Gasteiger partial charge in [-0.3, -0.25) is 14.9 Å². The molecule has 19 heavy (non-hydrogen) atoms. The highest BCUT2D eigenvalue weighted by atomic mass is 16.7. The highest BCUT2D eigenvalue weighted by Crippen LogP contribution is 2.35. The maximum absolute atomic E-state index is 11.3. The molecular formula is C12H13NO6.